The molecule has 2 aromatic carbocycles. The molecule has 0 bridgehead atoms. The molecule has 3 N–H and O–H groups in total. The molecule has 0 aliphatic rings. The van der Waals surface area contributed by atoms with E-state index in [2.05, 4.69) is 21.2 Å². The lowest BCUT2D eigenvalue weighted by molar-refractivity contribution is -0.125. The molecule has 2 aromatic rings. The minimum Gasteiger partial charge on any atom is -0.352 e. The standard InChI is InChI=1S/C17H19BrN2O/c1-12(16(19)13-7-3-2-4-8-13)17(21)20-11-14-9-5-6-10-15(14)18/h2-10,12,16H,11,19H2,1H3,(H,20,21). The Kier molecular flexibility index (Phi) is 5.53. The first-order valence-electron chi connectivity index (χ1n) is 6.91. The molecule has 4 heteroatoms. The van der Waals surface area contributed by atoms with Gasteiger partial charge in [-0.15, -0.1) is 0 Å². The lowest BCUT2D eigenvalue weighted by Crippen LogP contribution is -2.35. The summed E-state index contributed by atoms with van der Waals surface area (Å²) in [5.74, 6) is -0.322. The number of carbonyl (C=O) groups excluding carboxylic acids is 1. The van der Waals surface area contributed by atoms with Crippen molar-refractivity contribution in [1.29, 1.82) is 0 Å². The van der Waals surface area contributed by atoms with Gasteiger partial charge in [-0.1, -0.05) is 71.4 Å². The number of nitrogens with one attached hydrogen (secondary N) is 1. The summed E-state index contributed by atoms with van der Waals surface area (Å²) in [7, 11) is 0. The second kappa shape index (κ2) is 7.38. The monoisotopic (exact) mass is 346 g/mol. The van der Waals surface area contributed by atoms with Gasteiger partial charge in [0.1, 0.15) is 0 Å². The Morgan fingerprint density at radius 1 is 1.14 bits per heavy atom. The second-order valence-electron chi connectivity index (χ2n) is 5.03. The molecule has 0 heterocycles. The molecule has 0 spiro atoms. The van der Waals surface area contributed by atoms with Gasteiger partial charge in [0.05, 0.1) is 5.92 Å². The summed E-state index contributed by atoms with van der Waals surface area (Å²) in [4.78, 5) is 12.2. The molecule has 3 nitrogen and oxygen atoms in total. The van der Waals surface area contributed by atoms with E-state index in [0.717, 1.165) is 15.6 Å². The third-order valence-corrected chi connectivity index (χ3v) is 4.32. The quantitative estimate of drug-likeness (QED) is 0.871. The van der Waals surface area contributed by atoms with E-state index in [0.29, 0.717) is 6.54 Å². The van der Waals surface area contributed by atoms with Crippen LogP contribution in [0.4, 0.5) is 0 Å². The van der Waals surface area contributed by atoms with Crippen LogP contribution >= 0.6 is 15.9 Å². The molecule has 2 rings (SSSR count). The Bertz CT molecular complexity index is 601. The summed E-state index contributed by atoms with van der Waals surface area (Å²) in [5.41, 5.74) is 8.19. The van der Waals surface area contributed by atoms with Crippen molar-refractivity contribution in [2.75, 3.05) is 0 Å². The van der Waals surface area contributed by atoms with Gasteiger partial charge in [0.2, 0.25) is 5.91 Å². The molecule has 0 fully saturated rings. The first-order valence-corrected chi connectivity index (χ1v) is 7.70. The molecule has 0 saturated heterocycles. The summed E-state index contributed by atoms with van der Waals surface area (Å²) >= 11 is 3.47. The summed E-state index contributed by atoms with van der Waals surface area (Å²) in [6.07, 6.45) is 0. The molecule has 2 atom stereocenters. The fraction of sp³-hybridized carbons (Fsp3) is 0.235. The SMILES string of the molecule is CC(C(=O)NCc1ccccc1Br)C(N)c1ccccc1. The normalized spacial score (nSPS) is 13.5. The van der Waals surface area contributed by atoms with Gasteiger partial charge in [-0.25, -0.2) is 0 Å². The highest BCUT2D eigenvalue weighted by Crippen LogP contribution is 2.20. The van der Waals surface area contributed by atoms with Crippen LogP contribution in [0, 0.1) is 5.92 Å². The minimum atomic E-state index is -0.301. The van der Waals surface area contributed by atoms with Crippen molar-refractivity contribution in [3.05, 3.63) is 70.2 Å². The maximum absolute atomic E-state index is 12.2. The zero-order valence-electron chi connectivity index (χ0n) is 11.9. The van der Waals surface area contributed by atoms with Crippen molar-refractivity contribution in [3.8, 4) is 0 Å². The molecular weight excluding hydrogens is 328 g/mol. The highest BCUT2D eigenvalue weighted by atomic mass is 79.9. The lowest BCUT2D eigenvalue weighted by Gasteiger charge is -2.20. The fourth-order valence-electron chi connectivity index (χ4n) is 2.11. The largest absolute Gasteiger partial charge is 0.352 e. The molecule has 0 saturated carbocycles. The Balaban J connectivity index is 1.95. The maximum Gasteiger partial charge on any atom is 0.225 e. The van der Waals surface area contributed by atoms with E-state index in [1.165, 1.54) is 0 Å². The summed E-state index contributed by atoms with van der Waals surface area (Å²) in [6.45, 7) is 2.35. The van der Waals surface area contributed by atoms with E-state index >= 15 is 0 Å². The van der Waals surface area contributed by atoms with Crippen molar-refractivity contribution in [3.63, 3.8) is 0 Å². The van der Waals surface area contributed by atoms with Crippen LogP contribution in [0.3, 0.4) is 0 Å². The van der Waals surface area contributed by atoms with E-state index in [4.69, 9.17) is 5.73 Å². The van der Waals surface area contributed by atoms with Gasteiger partial charge in [-0.2, -0.15) is 0 Å². The first-order chi connectivity index (χ1) is 10.1. The van der Waals surface area contributed by atoms with Crippen molar-refractivity contribution in [2.24, 2.45) is 11.7 Å². The highest BCUT2D eigenvalue weighted by Gasteiger charge is 2.21. The summed E-state index contributed by atoms with van der Waals surface area (Å²) < 4.78 is 0.991. The summed E-state index contributed by atoms with van der Waals surface area (Å²) in [5, 5.41) is 2.94. The molecule has 1 amide bonds. The Labute approximate surface area is 133 Å². The number of hydrogen-bond donors (Lipinski definition) is 2. The van der Waals surface area contributed by atoms with Crippen LogP contribution < -0.4 is 11.1 Å². The molecule has 0 radical (unpaired) electrons. The van der Waals surface area contributed by atoms with Crippen LogP contribution in [-0.2, 0) is 11.3 Å². The third kappa shape index (κ3) is 4.16. The Morgan fingerprint density at radius 2 is 1.76 bits per heavy atom. The maximum atomic E-state index is 12.2. The summed E-state index contributed by atoms with van der Waals surface area (Å²) in [6, 6.07) is 17.2. The zero-order valence-corrected chi connectivity index (χ0v) is 13.5. The van der Waals surface area contributed by atoms with Crippen molar-refractivity contribution in [1.82, 2.24) is 5.32 Å². The molecule has 2 unspecified atom stereocenters. The molecule has 0 aromatic heterocycles. The van der Waals surface area contributed by atoms with Gasteiger partial charge in [0.15, 0.2) is 0 Å². The van der Waals surface area contributed by atoms with Crippen molar-refractivity contribution in [2.45, 2.75) is 19.5 Å². The van der Waals surface area contributed by atoms with Crippen LogP contribution in [0.1, 0.15) is 24.1 Å². The molecule has 21 heavy (non-hydrogen) atoms. The first kappa shape index (κ1) is 15.7. The second-order valence-corrected chi connectivity index (χ2v) is 5.89. The predicted octanol–water partition coefficient (Wildman–Crippen LogP) is 3.40. The van der Waals surface area contributed by atoms with Gasteiger partial charge in [-0.05, 0) is 17.2 Å². The number of halogens is 1. The van der Waals surface area contributed by atoms with E-state index in [1.54, 1.807) is 0 Å². The number of rotatable bonds is 5. The van der Waals surface area contributed by atoms with Crippen LogP contribution in [0.25, 0.3) is 0 Å². The molecule has 0 aliphatic heterocycles. The number of nitrogens with two attached hydrogens (primary N) is 1. The fourth-order valence-corrected chi connectivity index (χ4v) is 2.54. The van der Waals surface area contributed by atoms with Crippen LogP contribution in [0.5, 0.6) is 0 Å². The zero-order chi connectivity index (χ0) is 15.2. The van der Waals surface area contributed by atoms with Crippen molar-refractivity contribution < 1.29 is 4.79 Å². The van der Waals surface area contributed by atoms with Gasteiger partial charge in [0, 0.05) is 17.1 Å². The van der Waals surface area contributed by atoms with Gasteiger partial charge in [-0.3, -0.25) is 4.79 Å². The third-order valence-electron chi connectivity index (χ3n) is 3.55. The topological polar surface area (TPSA) is 55.1 Å². The van der Waals surface area contributed by atoms with E-state index in [1.807, 2.05) is 61.5 Å². The van der Waals surface area contributed by atoms with Gasteiger partial charge in [0.25, 0.3) is 0 Å². The van der Waals surface area contributed by atoms with Crippen molar-refractivity contribution >= 4 is 21.8 Å². The Hall–Kier alpha value is -1.65. The molecule has 110 valence electrons. The van der Waals surface area contributed by atoms with E-state index in [-0.39, 0.29) is 17.9 Å². The number of amides is 1. The Morgan fingerprint density at radius 3 is 2.43 bits per heavy atom. The van der Waals surface area contributed by atoms with Crippen LogP contribution in [0.15, 0.2) is 59.1 Å². The average Bonchev–Trinajstić information content (AvgIpc) is 2.53. The van der Waals surface area contributed by atoms with Crippen LogP contribution in [-0.4, -0.2) is 5.91 Å². The van der Waals surface area contributed by atoms with Crippen LogP contribution in [0.2, 0.25) is 0 Å². The number of benzene rings is 2. The van der Waals surface area contributed by atoms with Gasteiger partial charge < -0.3 is 11.1 Å². The lowest BCUT2D eigenvalue weighted by atomic mass is 9.94. The number of hydrogen-bond acceptors (Lipinski definition) is 2. The van der Waals surface area contributed by atoms with E-state index < -0.39 is 0 Å². The smallest absolute Gasteiger partial charge is 0.225 e. The van der Waals surface area contributed by atoms with E-state index in [9.17, 15) is 4.79 Å². The average molecular weight is 347 g/mol. The highest BCUT2D eigenvalue weighted by molar-refractivity contribution is 9.10. The van der Waals surface area contributed by atoms with Gasteiger partial charge >= 0.3 is 0 Å². The minimum absolute atomic E-state index is 0.0397. The molecule has 0 aliphatic carbocycles. The number of carbonyl (C=O) groups is 1. The molecular formula is C17H19BrN2O. The predicted molar refractivity (Wildman–Crippen MR) is 88.5 cm³/mol.